The Hall–Kier alpha value is -3.30. The van der Waals surface area contributed by atoms with Crippen LogP contribution in [0.4, 0.5) is 4.79 Å². The first-order valence-electron chi connectivity index (χ1n) is 11.7. The zero-order chi connectivity index (χ0) is 24.6. The molecule has 10 nitrogen and oxygen atoms in total. The van der Waals surface area contributed by atoms with Gasteiger partial charge in [-0.3, -0.25) is 24.0 Å². The highest BCUT2D eigenvalue weighted by molar-refractivity contribution is 6.00. The molecule has 0 aliphatic carbocycles. The number of rotatable bonds is 4. The van der Waals surface area contributed by atoms with Crippen molar-refractivity contribution in [1.82, 2.24) is 19.4 Å². The summed E-state index contributed by atoms with van der Waals surface area (Å²) in [6.45, 7) is 7.24. The van der Waals surface area contributed by atoms with Crippen LogP contribution >= 0.6 is 0 Å². The van der Waals surface area contributed by atoms with Crippen molar-refractivity contribution in [2.24, 2.45) is 13.0 Å². The number of imidazole rings is 1. The lowest BCUT2D eigenvalue weighted by Gasteiger charge is -2.33. The van der Waals surface area contributed by atoms with Crippen molar-refractivity contribution in [1.29, 1.82) is 0 Å². The number of nitrogens with one attached hydrogen (secondary N) is 1. The Morgan fingerprint density at radius 2 is 1.82 bits per heavy atom. The number of para-hydroxylation sites is 1. The number of carbonyl (C=O) groups excluding carboxylic acids is 3. The summed E-state index contributed by atoms with van der Waals surface area (Å²) in [6.07, 6.45) is 1.78. The van der Waals surface area contributed by atoms with E-state index >= 15 is 0 Å². The van der Waals surface area contributed by atoms with Crippen molar-refractivity contribution in [2.75, 3.05) is 19.7 Å². The Bertz CT molecular complexity index is 1170. The lowest BCUT2D eigenvalue weighted by Crippen LogP contribution is -2.44. The first kappa shape index (κ1) is 23.8. The number of carbonyl (C=O) groups is 3. The molecule has 2 saturated heterocycles. The smallest absolute Gasteiger partial charge is 0.410 e. The number of benzene rings is 1. The fourth-order valence-electron chi connectivity index (χ4n) is 4.57. The summed E-state index contributed by atoms with van der Waals surface area (Å²) in [5.74, 6) is 0.0473. The number of likely N-dealkylation sites (tertiary alicyclic amines) is 1. The number of imide groups is 1. The molecule has 2 aliphatic rings. The second-order valence-electron chi connectivity index (χ2n) is 10.0. The standard InChI is InChI=1S/C24H32N4O6/c1-24(2,3)34-23(32)27-12-10-15(11-13-27)14-33-18-7-5-6-16-20(18)26(4)22(31)28(16)17-8-9-19(29)25-21(17)30/h5-7,15,17H,8-14H2,1-4H3,(H,25,29,30). The number of nitrogens with zero attached hydrogens (tertiary/aromatic N) is 3. The lowest BCUT2D eigenvalue weighted by molar-refractivity contribution is -0.135. The van der Waals surface area contributed by atoms with Crippen LogP contribution in [-0.4, -0.2) is 57.2 Å². The number of ether oxygens (including phenoxy) is 2. The molecule has 2 aromatic rings. The van der Waals surface area contributed by atoms with E-state index in [0.717, 1.165) is 12.8 Å². The Morgan fingerprint density at radius 3 is 2.47 bits per heavy atom. The van der Waals surface area contributed by atoms with Crippen LogP contribution in [0.2, 0.25) is 0 Å². The molecule has 2 aliphatic heterocycles. The van der Waals surface area contributed by atoms with Crippen molar-refractivity contribution in [3.05, 3.63) is 28.7 Å². The molecule has 10 heteroatoms. The summed E-state index contributed by atoms with van der Waals surface area (Å²) in [5, 5.41) is 2.32. The van der Waals surface area contributed by atoms with E-state index in [4.69, 9.17) is 9.47 Å². The highest BCUT2D eigenvalue weighted by atomic mass is 16.6. The topological polar surface area (TPSA) is 112 Å². The molecular weight excluding hydrogens is 440 g/mol. The third-order valence-corrected chi connectivity index (χ3v) is 6.33. The van der Waals surface area contributed by atoms with Crippen molar-refractivity contribution >= 4 is 28.9 Å². The molecule has 0 radical (unpaired) electrons. The number of aromatic nitrogens is 2. The summed E-state index contributed by atoms with van der Waals surface area (Å²) in [6, 6.07) is 4.66. The second-order valence-corrected chi connectivity index (χ2v) is 10.0. The highest BCUT2D eigenvalue weighted by Crippen LogP contribution is 2.30. The van der Waals surface area contributed by atoms with E-state index in [1.807, 2.05) is 26.8 Å². The molecule has 1 aromatic carbocycles. The summed E-state index contributed by atoms with van der Waals surface area (Å²) >= 11 is 0. The van der Waals surface area contributed by atoms with Crippen LogP contribution in [-0.2, 0) is 21.4 Å². The quantitative estimate of drug-likeness (QED) is 0.684. The van der Waals surface area contributed by atoms with Gasteiger partial charge in [-0.05, 0) is 58.1 Å². The average molecular weight is 473 g/mol. The van der Waals surface area contributed by atoms with E-state index < -0.39 is 17.6 Å². The van der Waals surface area contributed by atoms with Gasteiger partial charge in [-0.2, -0.15) is 0 Å². The minimum Gasteiger partial charge on any atom is -0.491 e. The highest BCUT2D eigenvalue weighted by Gasteiger charge is 2.32. The second kappa shape index (κ2) is 9.15. The zero-order valence-electron chi connectivity index (χ0n) is 20.1. The minimum atomic E-state index is -0.735. The number of aryl methyl sites for hydroxylation is 1. The number of piperidine rings is 2. The minimum absolute atomic E-state index is 0.192. The molecule has 4 rings (SSSR count). The van der Waals surface area contributed by atoms with Crippen LogP contribution in [0.1, 0.15) is 52.5 Å². The number of amides is 3. The van der Waals surface area contributed by atoms with Crippen LogP contribution in [0.5, 0.6) is 5.75 Å². The summed E-state index contributed by atoms with van der Waals surface area (Å²) < 4.78 is 14.5. The molecule has 0 bridgehead atoms. The largest absolute Gasteiger partial charge is 0.491 e. The van der Waals surface area contributed by atoms with Gasteiger partial charge in [-0.1, -0.05) is 6.07 Å². The maximum atomic E-state index is 13.0. The van der Waals surface area contributed by atoms with E-state index in [1.54, 1.807) is 24.1 Å². The van der Waals surface area contributed by atoms with E-state index in [0.29, 0.717) is 36.5 Å². The molecule has 1 atom stereocenters. The Labute approximate surface area is 197 Å². The number of hydrogen-bond donors (Lipinski definition) is 1. The van der Waals surface area contributed by atoms with E-state index in [2.05, 4.69) is 5.32 Å². The van der Waals surface area contributed by atoms with Crippen LogP contribution < -0.4 is 15.7 Å². The molecule has 0 saturated carbocycles. The van der Waals surface area contributed by atoms with Crippen LogP contribution in [0.15, 0.2) is 23.0 Å². The molecule has 1 N–H and O–H groups in total. The molecule has 1 unspecified atom stereocenters. The zero-order valence-corrected chi connectivity index (χ0v) is 20.1. The van der Waals surface area contributed by atoms with Crippen LogP contribution in [0, 0.1) is 5.92 Å². The first-order valence-corrected chi connectivity index (χ1v) is 11.7. The van der Waals surface area contributed by atoms with E-state index in [1.165, 1.54) is 9.13 Å². The number of fused-ring (bicyclic) bond motifs is 1. The fourth-order valence-corrected chi connectivity index (χ4v) is 4.57. The van der Waals surface area contributed by atoms with Gasteiger partial charge in [0.2, 0.25) is 11.8 Å². The van der Waals surface area contributed by atoms with E-state index in [-0.39, 0.29) is 36.4 Å². The predicted molar refractivity (Wildman–Crippen MR) is 125 cm³/mol. The fraction of sp³-hybridized carbons (Fsp3) is 0.583. The average Bonchev–Trinajstić information content (AvgIpc) is 3.02. The van der Waals surface area contributed by atoms with Gasteiger partial charge in [-0.25, -0.2) is 9.59 Å². The van der Waals surface area contributed by atoms with Gasteiger partial charge in [-0.15, -0.1) is 0 Å². The Morgan fingerprint density at radius 1 is 1.12 bits per heavy atom. The first-order chi connectivity index (χ1) is 16.0. The van der Waals surface area contributed by atoms with Crippen molar-refractivity contribution < 1.29 is 23.9 Å². The molecule has 34 heavy (non-hydrogen) atoms. The van der Waals surface area contributed by atoms with Gasteiger partial charge in [0.25, 0.3) is 0 Å². The third-order valence-electron chi connectivity index (χ3n) is 6.33. The summed E-state index contributed by atoms with van der Waals surface area (Å²) in [7, 11) is 1.65. The molecule has 184 valence electrons. The van der Waals surface area contributed by atoms with E-state index in [9.17, 15) is 19.2 Å². The molecule has 3 heterocycles. The van der Waals surface area contributed by atoms with Gasteiger partial charge in [0.1, 0.15) is 22.9 Å². The van der Waals surface area contributed by atoms with Crippen LogP contribution in [0.25, 0.3) is 11.0 Å². The molecular formula is C24H32N4O6. The predicted octanol–water partition coefficient (Wildman–Crippen LogP) is 2.34. The summed E-state index contributed by atoms with van der Waals surface area (Å²) in [4.78, 5) is 51.0. The van der Waals surface area contributed by atoms with Gasteiger partial charge in [0.05, 0.1) is 12.1 Å². The lowest BCUT2D eigenvalue weighted by atomic mass is 9.98. The molecule has 1 aromatic heterocycles. The Kier molecular flexibility index (Phi) is 6.42. The maximum absolute atomic E-state index is 13.0. The maximum Gasteiger partial charge on any atom is 0.410 e. The molecule has 2 fully saturated rings. The van der Waals surface area contributed by atoms with Gasteiger partial charge >= 0.3 is 11.8 Å². The Balaban J connectivity index is 1.46. The van der Waals surface area contributed by atoms with Gasteiger partial charge in [0.15, 0.2) is 0 Å². The summed E-state index contributed by atoms with van der Waals surface area (Å²) in [5.41, 5.74) is 0.365. The monoisotopic (exact) mass is 472 g/mol. The normalized spacial score (nSPS) is 19.9. The van der Waals surface area contributed by atoms with Crippen molar-refractivity contribution in [3.8, 4) is 5.75 Å². The van der Waals surface area contributed by atoms with Crippen LogP contribution in [0.3, 0.4) is 0 Å². The van der Waals surface area contributed by atoms with Gasteiger partial charge in [0, 0.05) is 26.6 Å². The molecule has 3 amide bonds. The molecule has 0 spiro atoms. The SMILES string of the molecule is Cn1c(=O)n(C2CCC(=O)NC2=O)c2cccc(OCC3CCN(C(=O)OC(C)(C)C)CC3)c21. The van der Waals surface area contributed by atoms with Gasteiger partial charge < -0.3 is 14.4 Å². The van der Waals surface area contributed by atoms with Crippen molar-refractivity contribution in [2.45, 2.75) is 58.1 Å². The number of hydrogen-bond acceptors (Lipinski definition) is 6. The third kappa shape index (κ3) is 4.80. The van der Waals surface area contributed by atoms with Crippen molar-refractivity contribution in [3.63, 3.8) is 0 Å².